The van der Waals surface area contributed by atoms with Crippen molar-refractivity contribution < 1.29 is 9.53 Å². The van der Waals surface area contributed by atoms with Crippen LogP contribution in [0.5, 0.6) is 0 Å². The van der Waals surface area contributed by atoms with Gasteiger partial charge >= 0.3 is 5.97 Å². The molecule has 0 bridgehead atoms. The van der Waals surface area contributed by atoms with E-state index in [-0.39, 0.29) is 11.9 Å². The van der Waals surface area contributed by atoms with Crippen LogP contribution in [0.1, 0.15) is 45.1 Å². The van der Waals surface area contributed by atoms with E-state index in [1.54, 1.807) is 12.1 Å². The minimum Gasteiger partial charge on any atom is -0.444 e. The molecule has 2 nitrogen and oxygen atoms in total. The Hall–Kier alpha value is -2.16. The number of carbonyl (C=O) groups is 1. The summed E-state index contributed by atoms with van der Waals surface area (Å²) < 4.78 is 5.61. The Morgan fingerprint density at radius 1 is 1.29 bits per heavy atom. The van der Waals surface area contributed by atoms with Crippen LogP contribution in [0.4, 0.5) is 0 Å². The average Bonchev–Trinajstić information content (AvgIpc) is 2.56. The van der Waals surface area contributed by atoms with Gasteiger partial charge in [-0.25, -0.2) is 0 Å². The standard InChI is InChI=1S/C21H23ClO2/c1-6-9-10-16(7-2)19(8-3)24-21(23)20(15(4)5)17-11-13-18(22)14-12-17/h1,3,10-15,19-20H,7,9H2,2,4-5H3. The molecule has 126 valence electrons. The summed E-state index contributed by atoms with van der Waals surface area (Å²) in [7, 11) is 0. The lowest BCUT2D eigenvalue weighted by atomic mass is 9.88. The van der Waals surface area contributed by atoms with E-state index < -0.39 is 12.0 Å². The molecule has 24 heavy (non-hydrogen) atoms. The number of rotatable bonds is 7. The van der Waals surface area contributed by atoms with Gasteiger partial charge in [0.25, 0.3) is 0 Å². The number of ether oxygens (including phenoxy) is 1. The zero-order chi connectivity index (χ0) is 18.1. The molecule has 0 saturated carbocycles. The number of carbonyl (C=O) groups excluding carboxylic acids is 1. The van der Waals surface area contributed by atoms with E-state index in [0.29, 0.717) is 17.9 Å². The average molecular weight is 343 g/mol. The van der Waals surface area contributed by atoms with Gasteiger partial charge in [0, 0.05) is 11.4 Å². The SMILES string of the molecule is C#CCC=C(CC)C(C#C)OC(=O)C(c1ccc(Cl)cc1)C(C)C. The smallest absolute Gasteiger partial charge is 0.315 e. The summed E-state index contributed by atoms with van der Waals surface area (Å²) in [6.07, 6.45) is 13.2. The van der Waals surface area contributed by atoms with Crippen LogP contribution in [0.15, 0.2) is 35.9 Å². The first-order valence-electron chi connectivity index (χ1n) is 7.99. The lowest BCUT2D eigenvalue weighted by Crippen LogP contribution is -2.26. The van der Waals surface area contributed by atoms with Crippen molar-refractivity contribution in [3.05, 3.63) is 46.5 Å². The fourth-order valence-electron chi connectivity index (χ4n) is 2.50. The first-order chi connectivity index (χ1) is 11.4. The Morgan fingerprint density at radius 3 is 2.38 bits per heavy atom. The van der Waals surface area contributed by atoms with E-state index in [9.17, 15) is 4.79 Å². The highest BCUT2D eigenvalue weighted by Crippen LogP contribution is 2.28. The highest BCUT2D eigenvalue weighted by atomic mass is 35.5. The summed E-state index contributed by atoms with van der Waals surface area (Å²) in [5.41, 5.74) is 1.71. The third kappa shape index (κ3) is 5.48. The van der Waals surface area contributed by atoms with Gasteiger partial charge in [-0.05, 0) is 35.6 Å². The van der Waals surface area contributed by atoms with Gasteiger partial charge < -0.3 is 4.74 Å². The predicted molar refractivity (Wildman–Crippen MR) is 99.6 cm³/mol. The molecule has 0 spiro atoms. The Kier molecular flexibility index (Phi) is 8.17. The molecule has 0 aliphatic heterocycles. The van der Waals surface area contributed by atoms with E-state index in [1.807, 2.05) is 39.0 Å². The van der Waals surface area contributed by atoms with Crippen LogP contribution in [0, 0.1) is 30.6 Å². The normalized spacial score (nSPS) is 13.7. The van der Waals surface area contributed by atoms with Gasteiger partial charge in [0.2, 0.25) is 0 Å². The van der Waals surface area contributed by atoms with Crippen molar-refractivity contribution in [2.45, 2.75) is 45.6 Å². The van der Waals surface area contributed by atoms with Crippen molar-refractivity contribution in [1.29, 1.82) is 0 Å². The summed E-state index contributed by atoms with van der Waals surface area (Å²) in [5, 5.41) is 0.626. The number of halogens is 1. The van der Waals surface area contributed by atoms with Gasteiger partial charge in [-0.3, -0.25) is 4.79 Å². The molecule has 0 fully saturated rings. The molecule has 1 aromatic carbocycles. The molecule has 0 saturated heterocycles. The molecule has 3 heteroatoms. The molecular weight excluding hydrogens is 320 g/mol. The third-order valence-corrected chi connectivity index (χ3v) is 4.01. The van der Waals surface area contributed by atoms with Crippen LogP contribution in [0.3, 0.4) is 0 Å². The molecule has 1 rings (SSSR count). The van der Waals surface area contributed by atoms with E-state index in [1.165, 1.54) is 0 Å². The minimum absolute atomic E-state index is 0.0665. The zero-order valence-corrected chi connectivity index (χ0v) is 15.1. The van der Waals surface area contributed by atoms with Gasteiger partial charge in [0.1, 0.15) is 0 Å². The van der Waals surface area contributed by atoms with Crippen LogP contribution >= 0.6 is 11.6 Å². The largest absolute Gasteiger partial charge is 0.444 e. The van der Waals surface area contributed by atoms with Crippen molar-refractivity contribution in [1.82, 2.24) is 0 Å². The maximum Gasteiger partial charge on any atom is 0.315 e. The van der Waals surface area contributed by atoms with E-state index in [4.69, 9.17) is 29.2 Å². The Morgan fingerprint density at radius 2 is 1.92 bits per heavy atom. The highest BCUT2D eigenvalue weighted by Gasteiger charge is 2.28. The van der Waals surface area contributed by atoms with Gasteiger partial charge in [-0.1, -0.05) is 56.5 Å². The highest BCUT2D eigenvalue weighted by molar-refractivity contribution is 6.30. The molecular formula is C21H23ClO2. The molecule has 2 atom stereocenters. The van der Waals surface area contributed by atoms with Gasteiger partial charge in [0.15, 0.2) is 6.10 Å². The number of hydrogen-bond donors (Lipinski definition) is 0. The molecule has 0 aliphatic carbocycles. The van der Waals surface area contributed by atoms with Crippen LogP contribution in [-0.2, 0) is 9.53 Å². The number of hydrogen-bond acceptors (Lipinski definition) is 2. The van der Waals surface area contributed by atoms with E-state index in [0.717, 1.165) is 11.1 Å². The molecule has 0 heterocycles. The van der Waals surface area contributed by atoms with Gasteiger partial charge in [-0.2, -0.15) is 0 Å². The van der Waals surface area contributed by atoms with Crippen LogP contribution in [-0.4, -0.2) is 12.1 Å². The minimum atomic E-state index is -0.690. The topological polar surface area (TPSA) is 26.3 Å². The van der Waals surface area contributed by atoms with Crippen molar-refractivity contribution in [3.8, 4) is 24.7 Å². The second-order valence-corrected chi connectivity index (χ2v) is 6.23. The summed E-state index contributed by atoms with van der Waals surface area (Å²) >= 11 is 5.92. The second-order valence-electron chi connectivity index (χ2n) is 5.80. The Labute approximate surface area is 150 Å². The molecule has 0 aromatic heterocycles. The van der Waals surface area contributed by atoms with Crippen LogP contribution in [0.25, 0.3) is 0 Å². The quantitative estimate of drug-likeness (QED) is 0.396. The predicted octanol–water partition coefficient (Wildman–Crippen LogP) is 4.98. The van der Waals surface area contributed by atoms with Gasteiger partial charge in [0.05, 0.1) is 5.92 Å². The molecule has 0 N–H and O–H groups in total. The maximum absolute atomic E-state index is 12.7. The summed E-state index contributed by atoms with van der Waals surface area (Å²) in [6.45, 7) is 5.90. The first-order valence-corrected chi connectivity index (χ1v) is 8.36. The third-order valence-electron chi connectivity index (χ3n) is 3.76. The lowest BCUT2D eigenvalue weighted by molar-refractivity contribution is -0.148. The number of terminal acetylenes is 2. The first kappa shape index (κ1) is 19.9. The molecule has 1 aromatic rings. The van der Waals surface area contributed by atoms with Crippen molar-refractivity contribution in [2.24, 2.45) is 5.92 Å². The maximum atomic E-state index is 12.7. The van der Waals surface area contributed by atoms with E-state index >= 15 is 0 Å². The summed E-state index contributed by atoms with van der Waals surface area (Å²) in [5.74, 6) is 4.41. The zero-order valence-electron chi connectivity index (χ0n) is 14.4. The number of benzene rings is 1. The fraction of sp³-hybridized carbons (Fsp3) is 0.381. The van der Waals surface area contributed by atoms with Crippen LogP contribution in [0.2, 0.25) is 5.02 Å². The molecule has 0 amide bonds. The Bertz CT molecular complexity index is 657. The van der Waals surface area contributed by atoms with E-state index in [2.05, 4.69) is 11.8 Å². The molecule has 0 radical (unpaired) electrons. The Balaban J connectivity index is 3.01. The number of allylic oxidation sites excluding steroid dienone is 1. The number of esters is 1. The van der Waals surface area contributed by atoms with Crippen LogP contribution < -0.4 is 0 Å². The lowest BCUT2D eigenvalue weighted by Gasteiger charge is -2.23. The van der Waals surface area contributed by atoms with Crippen molar-refractivity contribution in [3.63, 3.8) is 0 Å². The molecule has 2 unspecified atom stereocenters. The van der Waals surface area contributed by atoms with Gasteiger partial charge in [-0.15, -0.1) is 18.8 Å². The fourth-order valence-corrected chi connectivity index (χ4v) is 2.62. The summed E-state index contributed by atoms with van der Waals surface area (Å²) in [6, 6.07) is 7.22. The van der Waals surface area contributed by atoms with Crippen molar-refractivity contribution in [2.75, 3.05) is 0 Å². The summed E-state index contributed by atoms with van der Waals surface area (Å²) in [4.78, 5) is 12.7. The van der Waals surface area contributed by atoms with Crippen molar-refractivity contribution >= 4 is 17.6 Å². The monoisotopic (exact) mass is 342 g/mol. The second kappa shape index (κ2) is 9.86. The molecule has 0 aliphatic rings.